The van der Waals surface area contributed by atoms with Crippen LogP contribution in [0.3, 0.4) is 0 Å². The second-order valence-corrected chi connectivity index (χ2v) is 3.82. The Morgan fingerprint density at radius 2 is 2.15 bits per heavy atom. The van der Waals surface area contributed by atoms with Gasteiger partial charge in [-0.1, -0.05) is 0 Å². The van der Waals surface area contributed by atoms with Crippen molar-refractivity contribution in [1.29, 1.82) is 0 Å². The molecular weight excluding hydrogens is 266 g/mol. The van der Waals surface area contributed by atoms with E-state index in [9.17, 15) is 14.9 Å². The SMILES string of the molecule is Cc1ccnc(Oc2cnccc2C(=O)O)c1[N+](=O)[O-]. The van der Waals surface area contributed by atoms with Crippen LogP contribution in [0.4, 0.5) is 5.69 Å². The summed E-state index contributed by atoms with van der Waals surface area (Å²) in [6, 6.07) is 2.70. The zero-order chi connectivity index (χ0) is 14.7. The molecule has 20 heavy (non-hydrogen) atoms. The second-order valence-electron chi connectivity index (χ2n) is 3.82. The Hall–Kier alpha value is -3.03. The van der Waals surface area contributed by atoms with E-state index < -0.39 is 10.9 Å². The number of nitrogens with zero attached hydrogens (tertiary/aromatic N) is 3. The number of aromatic carboxylic acids is 1. The average Bonchev–Trinajstić information content (AvgIpc) is 2.38. The highest BCUT2D eigenvalue weighted by molar-refractivity contribution is 5.90. The van der Waals surface area contributed by atoms with Crippen molar-refractivity contribution in [3.63, 3.8) is 0 Å². The molecule has 0 aromatic carbocycles. The summed E-state index contributed by atoms with van der Waals surface area (Å²) in [6.45, 7) is 1.54. The molecule has 0 saturated heterocycles. The molecule has 0 unspecified atom stereocenters. The molecule has 0 atom stereocenters. The minimum absolute atomic E-state index is 0.110. The number of aryl methyl sites for hydroxylation is 1. The van der Waals surface area contributed by atoms with Crippen LogP contribution in [0.2, 0.25) is 0 Å². The van der Waals surface area contributed by atoms with Gasteiger partial charge in [-0.15, -0.1) is 0 Å². The third-order valence-electron chi connectivity index (χ3n) is 2.50. The van der Waals surface area contributed by atoms with Gasteiger partial charge >= 0.3 is 11.7 Å². The van der Waals surface area contributed by atoms with Crippen LogP contribution in [0, 0.1) is 17.0 Å². The molecule has 0 radical (unpaired) electrons. The van der Waals surface area contributed by atoms with Crippen molar-refractivity contribution in [2.45, 2.75) is 6.92 Å². The van der Waals surface area contributed by atoms with Crippen LogP contribution in [0.1, 0.15) is 15.9 Å². The predicted octanol–water partition coefficient (Wildman–Crippen LogP) is 2.18. The van der Waals surface area contributed by atoms with Gasteiger partial charge in [-0.2, -0.15) is 0 Å². The first-order valence-electron chi connectivity index (χ1n) is 5.46. The van der Waals surface area contributed by atoms with Crippen LogP contribution < -0.4 is 4.74 Å². The van der Waals surface area contributed by atoms with E-state index in [0.29, 0.717) is 5.56 Å². The highest BCUT2D eigenvalue weighted by atomic mass is 16.6. The van der Waals surface area contributed by atoms with E-state index in [0.717, 1.165) is 6.20 Å². The smallest absolute Gasteiger partial charge is 0.339 e. The quantitative estimate of drug-likeness (QED) is 0.671. The van der Waals surface area contributed by atoms with E-state index in [1.54, 1.807) is 0 Å². The molecule has 0 amide bonds. The summed E-state index contributed by atoms with van der Waals surface area (Å²) in [6.07, 6.45) is 3.79. The summed E-state index contributed by atoms with van der Waals surface area (Å²) in [5.41, 5.74) is -0.105. The van der Waals surface area contributed by atoms with Gasteiger partial charge in [0.2, 0.25) is 0 Å². The molecule has 102 valence electrons. The maximum absolute atomic E-state index is 11.0. The van der Waals surface area contributed by atoms with Gasteiger partial charge in [0.15, 0.2) is 5.75 Å². The highest BCUT2D eigenvalue weighted by Gasteiger charge is 2.22. The number of ether oxygens (including phenoxy) is 1. The Labute approximate surface area is 112 Å². The van der Waals surface area contributed by atoms with Crippen molar-refractivity contribution >= 4 is 11.7 Å². The van der Waals surface area contributed by atoms with Crippen molar-refractivity contribution in [2.24, 2.45) is 0 Å². The molecule has 1 N–H and O–H groups in total. The Balaban J connectivity index is 2.49. The monoisotopic (exact) mass is 275 g/mol. The Morgan fingerprint density at radius 1 is 1.40 bits per heavy atom. The Morgan fingerprint density at radius 3 is 2.80 bits per heavy atom. The summed E-state index contributed by atoms with van der Waals surface area (Å²) in [7, 11) is 0. The van der Waals surface area contributed by atoms with E-state index in [1.807, 2.05) is 0 Å². The number of hydrogen-bond acceptors (Lipinski definition) is 6. The lowest BCUT2D eigenvalue weighted by Gasteiger charge is -2.08. The highest BCUT2D eigenvalue weighted by Crippen LogP contribution is 2.32. The maximum Gasteiger partial charge on any atom is 0.339 e. The van der Waals surface area contributed by atoms with Gasteiger partial charge in [-0.25, -0.2) is 9.78 Å². The first-order valence-corrected chi connectivity index (χ1v) is 5.46. The van der Waals surface area contributed by atoms with Crippen LogP contribution in [0.15, 0.2) is 30.7 Å². The zero-order valence-electron chi connectivity index (χ0n) is 10.3. The van der Waals surface area contributed by atoms with Gasteiger partial charge in [-0.3, -0.25) is 15.1 Å². The van der Waals surface area contributed by atoms with Crippen molar-refractivity contribution in [3.8, 4) is 11.6 Å². The molecule has 0 spiro atoms. The lowest BCUT2D eigenvalue weighted by atomic mass is 10.2. The second kappa shape index (κ2) is 5.31. The predicted molar refractivity (Wildman–Crippen MR) is 66.9 cm³/mol. The van der Waals surface area contributed by atoms with E-state index in [-0.39, 0.29) is 22.9 Å². The molecule has 0 bridgehead atoms. The third kappa shape index (κ3) is 2.53. The largest absolute Gasteiger partial charge is 0.478 e. The number of nitro groups is 1. The molecular formula is C12H9N3O5. The van der Waals surface area contributed by atoms with Crippen LogP contribution in [-0.2, 0) is 0 Å². The van der Waals surface area contributed by atoms with Gasteiger partial charge in [0.25, 0.3) is 5.88 Å². The van der Waals surface area contributed by atoms with E-state index in [1.165, 1.54) is 31.5 Å². The standard InChI is InChI=1S/C12H9N3O5/c1-7-2-5-14-11(10(7)15(18)19)20-9-6-13-4-3-8(9)12(16)17/h2-6H,1H3,(H,16,17). The average molecular weight is 275 g/mol. The molecule has 0 saturated carbocycles. The van der Waals surface area contributed by atoms with E-state index >= 15 is 0 Å². The number of aromatic nitrogens is 2. The van der Waals surface area contributed by atoms with Gasteiger partial charge in [0.1, 0.15) is 5.56 Å². The first kappa shape index (κ1) is 13.4. The fraction of sp³-hybridized carbons (Fsp3) is 0.0833. The molecule has 2 aromatic heterocycles. The lowest BCUT2D eigenvalue weighted by molar-refractivity contribution is -0.386. The third-order valence-corrected chi connectivity index (χ3v) is 2.50. The molecule has 0 aliphatic rings. The van der Waals surface area contributed by atoms with Gasteiger partial charge < -0.3 is 9.84 Å². The molecule has 2 heterocycles. The number of rotatable bonds is 4. The molecule has 8 nitrogen and oxygen atoms in total. The van der Waals surface area contributed by atoms with Crippen LogP contribution >= 0.6 is 0 Å². The fourth-order valence-corrected chi connectivity index (χ4v) is 1.56. The van der Waals surface area contributed by atoms with Crippen molar-refractivity contribution in [3.05, 3.63) is 52.0 Å². The summed E-state index contributed by atoms with van der Waals surface area (Å²) in [5, 5.41) is 20.0. The Bertz CT molecular complexity index is 687. The molecule has 8 heteroatoms. The number of pyridine rings is 2. The number of carboxylic acid groups (broad SMARTS) is 1. The topological polar surface area (TPSA) is 115 Å². The summed E-state index contributed by atoms with van der Waals surface area (Å²) < 4.78 is 5.25. The van der Waals surface area contributed by atoms with Gasteiger partial charge in [0.05, 0.1) is 11.1 Å². The lowest BCUT2D eigenvalue weighted by Crippen LogP contribution is -2.03. The van der Waals surface area contributed by atoms with Gasteiger partial charge in [-0.05, 0) is 19.1 Å². The summed E-state index contributed by atoms with van der Waals surface area (Å²) in [4.78, 5) is 28.9. The first-order chi connectivity index (χ1) is 9.50. The van der Waals surface area contributed by atoms with Crippen molar-refractivity contribution in [1.82, 2.24) is 9.97 Å². The van der Waals surface area contributed by atoms with Crippen LogP contribution in [0.5, 0.6) is 11.6 Å². The molecule has 0 fully saturated rings. The van der Waals surface area contributed by atoms with Gasteiger partial charge in [0, 0.05) is 18.0 Å². The summed E-state index contributed by atoms with van der Waals surface area (Å²) in [5.74, 6) is -1.61. The Kier molecular flexibility index (Phi) is 3.56. The van der Waals surface area contributed by atoms with Crippen LogP contribution in [0.25, 0.3) is 0 Å². The molecule has 0 aliphatic heterocycles. The number of carbonyl (C=O) groups is 1. The van der Waals surface area contributed by atoms with Crippen molar-refractivity contribution < 1.29 is 19.6 Å². The zero-order valence-corrected chi connectivity index (χ0v) is 10.3. The van der Waals surface area contributed by atoms with E-state index in [4.69, 9.17) is 9.84 Å². The number of hydrogen-bond donors (Lipinski definition) is 1. The number of carboxylic acids is 1. The maximum atomic E-state index is 11.0. The molecule has 2 aromatic rings. The fourth-order valence-electron chi connectivity index (χ4n) is 1.56. The minimum Gasteiger partial charge on any atom is -0.478 e. The minimum atomic E-state index is -1.22. The molecule has 0 aliphatic carbocycles. The molecule has 2 rings (SSSR count). The van der Waals surface area contributed by atoms with Crippen LogP contribution in [-0.4, -0.2) is 26.0 Å². The normalized spacial score (nSPS) is 10.1. The summed E-state index contributed by atoms with van der Waals surface area (Å²) >= 11 is 0. The van der Waals surface area contributed by atoms with E-state index in [2.05, 4.69) is 9.97 Å². The van der Waals surface area contributed by atoms with Crippen molar-refractivity contribution in [2.75, 3.05) is 0 Å².